The van der Waals surface area contributed by atoms with E-state index in [0.717, 1.165) is 42.6 Å². The molecule has 1 saturated heterocycles. The van der Waals surface area contributed by atoms with Crippen LogP contribution in [0.15, 0.2) is 18.2 Å². The molecule has 2 atom stereocenters. The lowest BCUT2D eigenvalue weighted by Crippen LogP contribution is -2.54. The summed E-state index contributed by atoms with van der Waals surface area (Å²) in [5, 5.41) is 2.93. The lowest BCUT2D eigenvalue weighted by Gasteiger charge is -2.36. The Morgan fingerprint density at radius 2 is 1.94 bits per heavy atom. The molecule has 1 aliphatic carbocycles. The molecule has 4 amide bonds. The summed E-state index contributed by atoms with van der Waals surface area (Å²) in [5.41, 5.74) is 0.0509. The van der Waals surface area contributed by atoms with Gasteiger partial charge in [0, 0.05) is 13.1 Å². The first-order chi connectivity index (χ1) is 16.4. The Kier molecular flexibility index (Phi) is 8.80. The van der Waals surface area contributed by atoms with Crippen LogP contribution in [0, 0.1) is 5.92 Å². The molecule has 34 heavy (non-hydrogen) atoms. The van der Waals surface area contributed by atoms with Gasteiger partial charge in [-0.3, -0.25) is 14.5 Å². The quantitative estimate of drug-likeness (QED) is 0.489. The van der Waals surface area contributed by atoms with Gasteiger partial charge < -0.3 is 19.7 Å². The maximum atomic E-state index is 13.3. The van der Waals surface area contributed by atoms with E-state index in [1.165, 1.54) is 0 Å². The van der Waals surface area contributed by atoms with Gasteiger partial charge in [-0.25, -0.2) is 4.79 Å². The van der Waals surface area contributed by atoms with E-state index in [9.17, 15) is 14.4 Å². The molecular weight excluding hydrogens is 434 g/mol. The highest BCUT2D eigenvalue weighted by molar-refractivity contribution is 6.09. The minimum Gasteiger partial charge on any atom is -0.490 e. The maximum absolute atomic E-state index is 13.3. The van der Waals surface area contributed by atoms with E-state index in [4.69, 9.17) is 9.47 Å². The highest BCUT2D eigenvalue weighted by atomic mass is 16.5. The molecule has 8 nitrogen and oxygen atoms in total. The second-order valence-corrected chi connectivity index (χ2v) is 9.32. The van der Waals surface area contributed by atoms with Crippen molar-refractivity contribution in [1.82, 2.24) is 15.1 Å². The number of nitrogens with one attached hydrogen (secondary N) is 1. The predicted octanol–water partition coefficient (Wildman–Crippen LogP) is 4.11. The molecule has 1 spiro atoms. The molecule has 1 aliphatic heterocycles. The number of ether oxygens (including phenoxy) is 2. The molecule has 3 rings (SSSR count). The Bertz CT molecular complexity index is 889. The monoisotopic (exact) mass is 473 g/mol. The summed E-state index contributed by atoms with van der Waals surface area (Å²) < 4.78 is 11.5. The van der Waals surface area contributed by atoms with Crippen molar-refractivity contribution < 1.29 is 23.9 Å². The lowest BCUT2D eigenvalue weighted by atomic mass is 9.73. The van der Waals surface area contributed by atoms with E-state index in [2.05, 4.69) is 5.32 Å². The Balaban J connectivity index is 1.73. The molecule has 2 fully saturated rings. The molecule has 1 aromatic rings. The van der Waals surface area contributed by atoms with E-state index in [1.54, 1.807) is 4.90 Å². The third-order valence-electron chi connectivity index (χ3n) is 6.78. The highest BCUT2D eigenvalue weighted by Gasteiger charge is 2.55. The average molecular weight is 474 g/mol. The molecule has 1 N–H and O–H groups in total. The van der Waals surface area contributed by atoms with Gasteiger partial charge in [-0.2, -0.15) is 0 Å². The van der Waals surface area contributed by atoms with Gasteiger partial charge in [-0.1, -0.05) is 39.7 Å². The normalized spacial score (nSPS) is 22.1. The minimum atomic E-state index is -0.855. The summed E-state index contributed by atoms with van der Waals surface area (Å²) in [6.07, 6.45) is 5.16. The minimum absolute atomic E-state index is 0.0648. The summed E-state index contributed by atoms with van der Waals surface area (Å²) in [6, 6.07) is 5.24. The van der Waals surface area contributed by atoms with E-state index in [1.807, 2.05) is 45.9 Å². The van der Waals surface area contributed by atoms with Crippen molar-refractivity contribution in [1.29, 1.82) is 0 Å². The Labute approximate surface area is 202 Å². The first kappa shape index (κ1) is 25.8. The largest absolute Gasteiger partial charge is 0.490 e. The number of carbonyl (C=O) groups is 3. The van der Waals surface area contributed by atoms with Crippen LogP contribution in [0.1, 0.15) is 71.8 Å². The fourth-order valence-corrected chi connectivity index (χ4v) is 4.91. The SMILES string of the molecule is CCCOc1ccc(CN(CCC)C(=O)CN2C(=O)NC3(CCCCC3C)C2=O)cc1OCC. The smallest absolute Gasteiger partial charge is 0.325 e. The Morgan fingerprint density at radius 1 is 1.15 bits per heavy atom. The third-order valence-corrected chi connectivity index (χ3v) is 6.78. The summed E-state index contributed by atoms with van der Waals surface area (Å²) in [6.45, 7) is 9.74. The third kappa shape index (κ3) is 5.47. The van der Waals surface area contributed by atoms with E-state index in [-0.39, 0.29) is 24.3 Å². The van der Waals surface area contributed by atoms with Crippen molar-refractivity contribution >= 4 is 17.8 Å². The van der Waals surface area contributed by atoms with Gasteiger partial charge in [0.2, 0.25) is 5.91 Å². The number of nitrogens with zero attached hydrogens (tertiary/aromatic N) is 2. The van der Waals surface area contributed by atoms with Gasteiger partial charge >= 0.3 is 6.03 Å². The van der Waals surface area contributed by atoms with Gasteiger partial charge in [0.25, 0.3) is 5.91 Å². The molecule has 0 radical (unpaired) electrons. The first-order valence-electron chi connectivity index (χ1n) is 12.7. The van der Waals surface area contributed by atoms with E-state index >= 15 is 0 Å². The first-order valence-corrected chi connectivity index (χ1v) is 12.7. The van der Waals surface area contributed by atoms with Crippen LogP contribution >= 0.6 is 0 Å². The van der Waals surface area contributed by atoms with Crippen LogP contribution < -0.4 is 14.8 Å². The highest BCUT2D eigenvalue weighted by Crippen LogP contribution is 2.38. The van der Waals surface area contributed by atoms with Crippen LogP contribution in [0.5, 0.6) is 11.5 Å². The maximum Gasteiger partial charge on any atom is 0.325 e. The fourth-order valence-electron chi connectivity index (χ4n) is 4.91. The zero-order valence-corrected chi connectivity index (χ0v) is 21.0. The summed E-state index contributed by atoms with van der Waals surface area (Å²) >= 11 is 0. The number of hydrogen-bond donors (Lipinski definition) is 1. The van der Waals surface area contributed by atoms with E-state index in [0.29, 0.717) is 44.2 Å². The Morgan fingerprint density at radius 3 is 2.62 bits per heavy atom. The molecule has 0 aromatic heterocycles. The fraction of sp³-hybridized carbons (Fsp3) is 0.654. The van der Waals surface area contributed by atoms with Crippen LogP contribution in [0.2, 0.25) is 0 Å². The Hall–Kier alpha value is -2.77. The zero-order valence-electron chi connectivity index (χ0n) is 21.0. The van der Waals surface area contributed by atoms with Crippen LogP contribution in [0.4, 0.5) is 4.79 Å². The van der Waals surface area contributed by atoms with Gasteiger partial charge in [0.05, 0.1) is 13.2 Å². The van der Waals surface area contributed by atoms with Crippen LogP contribution in [0.25, 0.3) is 0 Å². The molecule has 1 saturated carbocycles. The zero-order chi connectivity index (χ0) is 24.7. The average Bonchev–Trinajstić information content (AvgIpc) is 3.05. The molecule has 1 aromatic carbocycles. The number of imide groups is 1. The standard InChI is InChI=1S/C26H39N3O5/c1-5-14-28(17-20-11-12-21(34-15-6-2)22(16-20)33-7-3)23(30)18-29-24(31)26(27-25(29)32)13-9-8-10-19(26)4/h11-12,16,19H,5-10,13-15,17-18H2,1-4H3,(H,27,32). The molecule has 188 valence electrons. The van der Waals surface area contributed by atoms with Crippen molar-refractivity contribution in [3.63, 3.8) is 0 Å². The van der Waals surface area contributed by atoms with Gasteiger partial charge in [-0.15, -0.1) is 0 Å². The molecule has 2 unspecified atom stereocenters. The number of urea groups is 1. The van der Waals surface area contributed by atoms with Crippen molar-refractivity contribution in [3.8, 4) is 11.5 Å². The molecule has 0 bridgehead atoms. The summed E-state index contributed by atoms with van der Waals surface area (Å²) in [5.74, 6) is 0.905. The second kappa shape index (κ2) is 11.6. The van der Waals surface area contributed by atoms with Crippen molar-refractivity contribution in [2.45, 2.75) is 78.3 Å². The molecule has 2 aliphatic rings. The molecule has 1 heterocycles. The van der Waals surface area contributed by atoms with Gasteiger partial charge in [0.15, 0.2) is 11.5 Å². The van der Waals surface area contributed by atoms with Crippen LogP contribution in [-0.4, -0.2) is 59.5 Å². The molecular formula is C26H39N3O5. The predicted molar refractivity (Wildman–Crippen MR) is 130 cm³/mol. The number of carbonyl (C=O) groups excluding carboxylic acids is 3. The van der Waals surface area contributed by atoms with Crippen molar-refractivity contribution in [2.75, 3.05) is 26.3 Å². The van der Waals surface area contributed by atoms with Crippen molar-refractivity contribution in [2.24, 2.45) is 5.92 Å². The number of hydrogen-bond acceptors (Lipinski definition) is 5. The summed E-state index contributed by atoms with van der Waals surface area (Å²) in [7, 11) is 0. The van der Waals surface area contributed by atoms with Crippen LogP contribution in [0.3, 0.4) is 0 Å². The van der Waals surface area contributed by atoms with Gasteiger partial charge in [0.1, 0.15) is 12.1 Å². The van der Waals surface area contributed by atoms with Crippen LogP contribution in [-0.2, 0) is 16.1 Å². The van der Waals surface area contributed by atoms with Gasteiger partial charge in [-0.05, 0) is 56.2 Å². The second-order valence-electron chi connectivity index (χ2n) is 9.32. The topological polar surface area (TPSA) is 88.2 Å². The van der Waals surface area contributed by atoms with Crippen molar-refractivity contribution in [3.05, 3.63) is 23.8 Å². The van der Waals surface area contributed by atoms with E-state index < -0.39 is 11.6 Å². The number of benzene rings is 1. The number of rotatable bonds is 11. The lowest BCUT2D eigenvalue weighted by molar-refractivity contribution is -0.140. The number of amides is 4. The summed E-state index contributed by atoms with van der Waals surface area (Å²) in [4.78, 5) is 42.0. The molecule has 8 heteroatoms.